The van der Waals surface area contributed by atoms with E-state index in [2.05, 4.69) is 55.6 Å². The maximum absolute atomic E-state index is 12.9. The third-order valence-corrected chi connectivity index (χ3v) is 13.3. The Hall–Kier alpha value is -1.54. The number of carbonyl (C=O) groups is 1. The van der Waals surface area contributed by atoms with E-state index in [9.17, 15) is 19.4 Å². The largest absolute Gasteiger partial charge is 0.472 e. The normalized spacial score (nSPS) is 14.4. The summed E-state index contributed by atoms with van der Waals surface area (Å²) in [7, 11) is 1.56. The summed E-state index contributed by atoms with van der Waals surface area (Å²) >= 11 is 0. The highest BCUT2D eigenvalue weighted by Crippen LogP contribution is 2.43. The Kier molecular flexibility index (Phi) is 46.4. The summed E-state index contributed by atoms with van der Waals surface area (Å²) < 4.78 is 23.6. The Morgan fingerprint density at radius 2 is 0.892 bits per heavy atom. The van der Waals surface area contributed by atoms with E-state index in [1.54, 1.807) is 6.08 Å². The number of phosphoric acid groups is 1. The highest BCUT2D eigenvalue weighted by molar-refractivity contribution is 7.47. The van der Waals surface area contributed by atoms with Crippen molar-refractivity contribution in [3.05, 3.63) is 48.6 Å². The molecule has 0 aliphatic heterocycles. The van der Waals surface area contributed by atoms with Gasteiger partial charge in [0.25, 0.3) is 0 Å². The second-order valence-corrected chi connectivity index (χ2v) is 21.4. The number of amides is 1. The Morgan fingerprint density at radius 1 is 0.523 bits per heavy atom. The number of aliphatic hydroxyl groups excluding tert-OH is 1. The van der Waals surface area contributed by atoms with Gasteiger partial charge in [0, 0.05) is 6.42 Å². The fourth-order valence-electron chi connectivity index (χ4n) is 7.91. The Bertz CT molecular complexity index is 1200. The van der Waals surface area contributed by atoms with Crippen LogP contribution in [0.25, 0.3) is 0 Å². The van der Waals surface area contributed by atoms with E-state index in [1.165, 1.54) is 186 Å². The number of unbranched alkanes of at least 4 members (excludes halogenated alkanes) is 31. The Balaban J connectivity index is 4.05. The number of hydrogen-bond acceptors (Lipinski definition) is 5. The summed E-state index contributed by atoms with van der Waals surface area (Å²) in [5.41, 5.74) is 0. The molecule has 0 aromatic carbocycles. The summed E-state index contributed by atoms with van der Waals surface area (Å²) in [6.45, 7) is 4.78. The molecule has 0 aromatic rings. The van der Waals surface area contributed by atoms with Gasteiger partial charge in [0.2, 0.25) is 5.91 Å². The Morgan fingerprint density at radius 3 is 1.32 bits per heavy atom. The predicted octanol–water partition coefficient (Wildman–Crippen LogP) is 16.4. The van der Waals surface area contributed by atoms with Crippen molar-refractivity contribution in [2.45, 2.75) is 264 Å². The van der Waals surface area contributed by atoms with E-state index in [0.29, 0.717) is 17.4 Å². The molecule has 0 fully saturated rings. The third kappa shape index (κ3) is 50.2. The molecule has 0 rings (SSSR count). The van der Waals surface area contributed by atoms with Crippen LogP contribution in [-0.2, 0) is 18.4 Å². The molecule has 382 valence electrons. The molecule has 1 amide bonds. The average molecular weight is 936 g/mol. The van der Waals surface area contributed by atoms with Gasteiger partial charge in [-0.2, -0.15) is 0 Å². The van der Waals surface area contributed by atoms with Gasteiger partial charge in [-0.25, -0.2) is 4.57 Å². The van der Waals surface area contributed by atoms with Crippen molar-refractivity contribution >= 4 is 13.7 Å². The van der Waals surface area contributed by atoms with Crippen molar-refractivity contribution in [1.29, 1.82) is 0 Å². The lowest BCUT2D eigenvalue weighted by molar-refractivity contribution is -0.870. The van der Waals surface area contributed by atoms with Gasteiger partial charge in [0.05, 0.1) is 39.9 Å². The first-order valence-corrected chi connectivity index (χ1v) is 29.0. The minimum absolute atomic E-state index is 0.0564. The van der Waals surface area contributed by atoms with Crippen LogP contribution in [0.5, 0.6) is 0 Å². The number of hydrogen-bond donors (Lipinski definition) is 3. The molecule has 0 saturated heterocycles. The number of rotatable bonds is 50. The van der Waals surface area contributed by atoms with Gasteiger partial charge in [0.1, 0.15) is 13.2 Å². The van der Waals surface area contributed by atoms with Crippen LogP contribution in [0.1, 0.15) is 251 Å². The smallest absolute Gasteiger partial charge is 0.387 e. The standard InChI is InChI=1S/C56H107N2O6P/c1-6-8-10-12-14-16-18-20-21-22-23-24-25-26-27-28-29-30-31-32-33-34-35-36-37-38-40-42-44-46-48-50-56(60)57-54(53-64-65(61,62)63-52-51-58(3,4)5)55(59)49-47-45-43-41-39-19-17-15-13-11-9-7-2/h18,20,22-23,39,41,47,49,54-55,59H,6-17,19,21,24-38,40,42-46,48,50-53H2,1-5H3,(H-,57,60,61,62)/p+1/b20-18-,23-22-,41-39+,49-47+. The van der Waals surface area contributed by atoms with Gasteiger partial charge in [-0.05, 0) is 64.2 Å². The number of nitrogens with one attached hydrogen (secondary N) is 1. The number of aliphatic hydroxyl groups is 1. The number of phosphoric ester groups is 1. The first kappa shape index (κ1) is 63.5. The minimum atomic E-state index is -4.35. The highest BCUT2D eigenvalue weighted by atomic mass is 31.2. The maximum Gasteiger partial charge on any atom is 0.472 e. The zero-order valence-electron chi connectivity index (χ0n) is 43.5. The van der Waals surface area contributed by atoms with Gasteiger partial charge >= 0.3 is 7.82 Å². The van der Waals surface area contributed by atoms with Crippen LogP contribution < -0.4 is 5.32 Å². The van der Waals surface area contributed by atoms with Gasteiger partial charge in [-0.3, -0.25) is 13.8 Å². The summed E-state index contributed by atoms with van der Waals surface area (Å²) in [5, 5.41) is 13.8. The minimum Gasteiger partial charge on any atom is -0.387 e. The summed E-state index contributed by atoms with van der Waals surface area (Å²) in [6.07, 6.45) is 62.2. The molecule has 9 heteroatoms. The van der Waals surface area contributed by atoms with Crippen molar-refractivity contribution in [2.24, 2.45) is 0 Å². The first-order chi connectivity index (χ1) is 31.5. The van der Waals surface area contributed by atoms with Gasteiger partial charge in [-0.15, -0.1) is 0 Å². The molecule has 65 heavy (non-hydrogen) atoms. The maximum atomic E-state index is 12.9. The fourth-order valence-corrected chi connectivity index (χ4v) is 8.65. The van der Waals surface area contributed by atoms with Crippen LogP contribution in [0.3, 0.4) is 0 Å². The van der Waals surface area contributed by atoms with E-state index in [1.807, 2.05) is 27.2 Å². The molecule has 0 heterocycles. The van der Waals surface area contributed by atoms with Crippen LogP contribution in [0.4, 0.5) is 0 Å². The number of likely N-dealkylation sites (N-methyl/N-ethyl adjacent to an activating group) is 1. The number of carbonyl (C=O) groups excluding carboxylic acids is 1. The van der Waals surface area contributed by atoms with Crippen molar-refractivity contribution in [3.63, 3.8) is 0 Å². The zero-order valence-corrected chi connectivity index (χ0v) is 44.4. The average Bonchev–Trinajstić information content (AvgIpc) is 3.26. The molecule has 3 atom stereocenters. The lowest BCUT2D eigenvalue weighted by Gasteiger charge is -2.25. The van der Waals surface area contributed by atoms with E-state index < -0.39 is 20.0 Å². The Labute approximate surface area is 403 Å². The summed E-state index contributed by atoms with van der Waals surface area (Å²) in [6, 6.07) is -0.861. The van der Waals surface area contributed by atoms with Crippen LogP contribution in [-0.4, -0.2) is 73.4 Å². The van der Waals surface area contributed by atoms with E-state index in [4.69, 9.17) is 9.05 Å². The molecule has 0 aliphatic carbocycles. The molecule has 0 saturated carbocycles. The van der Waals surface area contributed by atoms with Gasteiger partial charge in [-0.1, -0.05) is 229 Å². The van der Waals surface area contributed by atoms with Crippen LogP contribution >= 0.6 is 7.82 Å². The lowest BCUT2D eigenvalue weighted by atomic mass is 10.0. The number of nitrogens with zero attached hydrogens (tertiary/aromatic N) is 1. The quantitative estimate of drug-likeness (QED) is 0.0243. The highest BCUT2D eigenvalue weighted by Gasteiger charge is 2.27. The molecule has 3 N–H and O–H groups in total. The molecule has 0 radical (unpaired) electrons. The predicted molar refractivity (Wildman–Crippen MR) is 281 cm³/mol. The second-order valence-electron chi connectivity index (χ2n) is 19.9. The zero-order chi connectivity index (χ0) is 47.8. The molecule has 8 nitrogen and oxygen atoms in total. The molecule has 0 bridgehead atoms. The van der Waals surface area contributed by atoms with E-state index in [-0.39, 0.29) is 19.1 Å². The van der Waals surface area contributed by atoms with Gasteiger partial charge < -0.3 is 19.8 Å². The SMILES string of the molecule is CCCCCCC/C=C\C/C=C\CCCCCCCCCCCCCCCCCCCCCC(=O)NC(COP(=O)(O)OCC[N+](C)(C)C)C(O)/C=C/CC/C=C/CCCCCCCC. The molecule has 0 spiro atoms. The molecule has 0 aliphatic rings. The molecular weight excluding hydrogens is 828 g/mol. The topological polar surface area (TPSA) is 105 Å². The van der Waals surface area contributed by atoms with E-state index in [0.717, 1.165) is 44.9 Å². The summed E-state index contributed by atoms with van der Waals surface area (Å²) in [4.78, 5) is 23.2. The van der Waals surface area contributed by atoms with Crippen molar-refractivity contribution < 1.29 is 32.9 Å². The van der Waals surface area contributed by atoms with Crippen molar-refractivity contribution in [1.82, 2.24) is 5.32 Å². The van der Waals surface area contributed by atoms with Gasteiger partial charge in [0.15, 0.2) is 0 Å². The molecule has 0 aromatic heterocycles. The van der Waals surface area contributed by atoms with Crippen molar-refractivity contribution in [2.75, 3.05) is 40.9 Å². The van der Waals surface area contributed by atoms with E-state index >= 15 is 0 Å². The fraction of sp³-hybridized carbons (Fsp3) is 0.839. The second kappa shape index (κ2) is 47.5. The van der Waals surface area contributed by atoms with Crippen LogP contribution in [0, 0.1) is 0 Å². The number of quaternary nitrogens is 1. The summed E-state index contributed by atoms with van der Waals surface area (Å²) in [5.74, 6) is -0.186. The number of allylic oxidation sites excluding steroid dienone is 7. The lowest BCUT2D eigenvalue weighted by Crippen LogP contribution is -2.45. The molecule has 3 unspecified atom stereocenters. The van der Waals surface area contributed by atoms with Crippen LogP contribution in [0.2, 0.25) is 0 Å². The molecular formula is C56H108N2O6P+. The third-order valence-electron chi connectivity index (χ3n) is 12.3. The van der Waals surface area contributed by atoms with Crippen LogP contribution in [0.15, 0.2) is 48.6 Å². The monoisotopic (exact) mass is 936 g/mol. The van der Waals surface area contributed by atoms with Crippen molar-refractivity contribution in [3.8, 4) is 0 Å². The first-order valence-electron chi connectivity index (χ1n) is 27.5.